The van der Waals surface area contributed by atoms with E-state index in [-0.39, 0.29) is 49.1 Å². The normalized spacial score (nSPS) is 16.1. The summed E-state index contributed by atoms with van der Waals surface area (Å²) in [5, 5.41) is 0. The third-order valence-corrected chi connectivity index (χ3v) is 6.46. The molecule has 0 N–H and O–H groups in total. The number of benzene rings is 3. The molecule has 1 fully saturated rings. The van der Waals surface area contributed by atoms with Crippen LogP contribution in [0.25, 0.3) is 0 Å². The lowest BCUT2D eigenvalue weighted by atomic mass is 10.0. The molecule has 1 saturated heterocycles. The Labute approximate surface area is 222 Å². The van der Waals surface area contributed by atoms with Gasteiger partial charge in [0, 0.05) is 44.5 Å². The minimum absolute atomic E-state index is 0. The maximum atomic E-state index is 13.8. The van der Waals surface area contributed by atoms with E-state index >= 15 is 0 Å². The summed E-state index contributed by atoms with van der Waals surface area (Å²) < 4.78 is 40.6. The number of hydrogen-bond donors (Lipinski definition) is 0. The molecule has 0 radical (unpaired) electrons. The maximum Gasteiger partial charge on any atom is 0.241 e. The molecule has 3 aromatic carbocycles. The fourth-order valence-electron chi connectivity index (χ4n) is 4.62. The van der Waals surface area contributed by atoms with E-state index in [0.717, 1.165) is 17.7 Å². The molecule has 0 aliphatic carbocycles. The standard InChI is InChI=1S/C29H30F3N3O.ClH/c1-2-14-35(27-5-3-4-26(32)18-27)29(36)21-33-15-16-34(19-23-8-12-25(31)13-9-23)28(20-33)17-22-6-10-24(30)11-7-22;/h2-13,18,28H,1,14-17,19-21H2;1H. The Morgan fingerprint density at radius 2 is 1.57 bits per heavy atom. The van der Waals surface area contributed by atoms with Gasteiger partial charge in [0.15, 0.2) is 0 Å². The molecule has 0 bridgehead atoms. The van der Waals surface area contributed by atoms with Gasteiger partial charge < -0.3 is 4.90 Å². The van der Waals surface area contributed by atoms with Gasteiger partial charge in [0.1, 0.15) is 17.5 Å². The zero-order chi connectivity index (χ0) is 25.5. The number of hydrogen-bond acceptors (Lipinski definition) is 3. The van der Waals surface area contributed by atoms with E-state index in [4.69, 9.17) is 0 Å². The number of rotatable bonds is 9. The molecular weight excluding hydrogens is 499 g/mol. The van der Waals surface area contributed by atoms with Crippen molar-refractivity contribution in [1.29, 1.82) is 0 Å². The summed E-state index contributed by atoms with van der Waals surface area (Å²) in [5.41, 5.74) is 2.51. The average molecular weight is 530 g/mol. The molecule has 4 rings (SSSR count). The minimum atomic E-state index is -0.400. The van der Waals surface area contributed by atoms with Gasteiger partial charge in [0.05, 0.1) is 6.54 Å². The van der Waals surface area contributed by atoms with E-state index in [1.807, 2.05) is 0 Å². The van der Waals surface area contributed by atoms with Crippen LogP contribution in [0.1, 0.15) is 11.1 Å². The van der Waals surface area contributed by atoms with Crippen molar-refractivity contribution in [2.45, 2.75) is 19.0 Å². The molecule has 8 heteroatoms. The second kappa shape index (κ2) is 13.4. The van der Waals surface area contributed by atoms with Crippen LogP contribution in [0, 0.1) is 17.5 Å². The Hall–Kier alpha value is -3.13. The van der Waals surface area contributed by atoms with Gasteiger partial charge in [0.2, 0.25) is 5.91 Å². The molecule has 37 heavy (non-hydrogen) atoms. The zero-order valence-electron chi connectivity index (χ0n) is 20.5. The number of halogens is 4. The number of anilines is 1. The largest absolute Gasteiger partial charge is 0.307 e. The summed E-state index contributed by atoms with van der Waals surface area (Å²) in [6.07, 6.45) is 2.31. The first-order chi connectivity index (χ1) is 17.4. The summed E-state index contributed by atoms with van der Waals surface area (Å²) in [4.78, 5) is 19.2. The number of amides is 1. The molecule has 1 aliphatic heterocycles. The molecule has 0 saturated carbocycles. The SMILES string of the molecule is C=CCN(C(=O)CN1CCN(Cc2ccc(F)cc2)C(Cc2ccc(F)cc2)C1)c1cccc(F)c1.Cl. The van der Waals surface area contributed by atoms with Crippen LogP contribution < -0.4 is 4.90 Å². The molecule has 3 aromatic rings. The second-order valence-corrected chi connectivity index (χ2v) is 9.09. The lowest BCUT2D eigenvalue weighted by Gasteiger charge is -2.42. The van der Waals surface area contributed by atoms with Gasteiger partial charge in [-0.2, -0.15) is 0 Å². The van der Waals surface area contributed by atoms with Crippen molar-refractivity contribution in [2.75, 3.05) is 37.6 Å². The summed E-state index contributed by atoms with van der Waals surface area (Å²) in [6.45, 7) is 6.90. The highest BCUT2D eigenvalue weighted by atomic mass is 35.5. The first-order valence-electron chi connectivity index (χ1n) is 12.0. The van der Waals surface area contributed by atoms with Gasteiger partial charge >= 0.3 is 0 Å². The molecule has 0 spiro atoms. The fraction of sp³-hybridized carbons (Fsp3) is 0.276. The zero-order valence-corrected chi connectivity index (χ0v) is 21.3. The predicted molar refractivity (Wildman–Crippen MR) is 143 cm³/mol. The summed E-state index contributed by atoms with van der Waals surface area (Å²) in [7, 11) is 0. The third-order valence-electron chi connectivity index (χ3n) is 6.46. The third kappa shape index (κ3) is 7.92. The molecule has 1 amide bonds. The maximum absolute atomic E-state index is 13.8. The Balaban J connectivity index is 0.00000380. The van der Waals surface area contributed by atoms with Gasteiger partial charge in [-0.25, -0.2) is 13.2 Å². The summed E-state index contributed by atoms with van der Waals surface area (Å²) in [5.74, 6) is -1.08. The smallest absolute Gasteiger partial charge is 0.241 e. The van der Waals surface area contributed by atoms with Crippen molar-refractivity contribution in [3.8, 4) is 0 Å². The van der Waals surface area contributed by atoms with Gasteiger partial charge in [0.25, 0.3) is 0 Å². The number of nitrogens with zero attached hydrogens (tertiary/aromatic N) is 3. The number of carbonyl (C=O) groups is 1. The van der Waals surface area contributed by atoms with Crippen LogP contribution in [0.3, 0.4) is 0 Å². The van der Waals surface area contributed by atoms with Crippen LogP contribution in [0.15, 0.2) is 85.5 Å². The molecule has 196 valence electrons. The van der Waals surface area contributed by atoms with E-state index in [1.165, 1.54) is 41.3 Å². The Morgan fingerprint density at radius 3 is 2.19 bits per heavy atom. The van der Waals surface area contributed by atoms with Crippen molar-refractivity contribution in [3.63, 3.8) is 0 Å². The Bertz CT molecular complexity index is 1170. The van der Waals surface area contributed by atoms with E-state index in [2.05, 4.69) is 16.4 Å². The monoisotopic (exact) mass is 529 g/mol. The highest BCUT2D eigenvalue weighted by Gasteiger charge is 2.29. The first-order valence-corrected chi connectivity index (χ1v) is 12.0. The molecule has 1 heterocycles. The fourth-order valence-corrected chi connectivity index (χ4v) is 4.62. The van der Waals surface area contributed by atoms with E-state index < -0.39 is 5.82 Å². The predicted octanol–water partition coefficient (Wildman–Crippen LogP) is 5.47. The van der Waals surface area contributed by atoms with Gasteiger partial charge in [-0.05, 0) is 60.0 Å². The molecule has 0 aromatic heterocycles. The van der Waals surface area contributed by atoms with Crippen molar-refractivity contribution < 1.29 is 18.0 Å². The average Bonchev–Trinajstić information content (AvgIpc) is 2.86. The molecule has 1 unspecified atom stereocenters. The lowest BCUT2D eigenvalue weighted by molar-refractivity contribution is -0.120. The number of piperazine rings is 1. The number of carbonyl (C=O) groups excluding carboxylic acids is 1. The van der Waals surface area contributed by atoms with Crippen LogP contribution in [-0.4, -0.2) is 54.5 Å². The van der Waals surface area contributed by atoms with Crippen molar-refractivity contribution in [1.82, 2.24) is 9.80 Å². The van der Waals surface area contributed by atoms with Crippen LogP contribution in [-0.2, 0) is 17.8 Å². The highest BCUT2D eigenvalue weighted by Crippen LogP contribution is 2.21. The van der Waals surface area contributed by atoms with Crippen LogP contribution in [0.2, 0.25) is 0 Å². The van der Waals surface area contributed by atoms with E-state index in [0.29, 0.717) is 31.7 Å². The quantitative estimate of drug-likeness (QED) is 0.344. The van der Waals surface area contributed by atoms with Gasteiger partial charge in [-0.1, -0.05) is 36.4 Å². The van der Waals surface area contributed by atoms with Gasteiger partial charge in [-0.3, -0.25) is 14.6 Å². The topological polar surface area (TPSA) is 26.8 Å². The van der Waals surface area contributed by atoms with Gasteiger partial charge in [-0.15, -0.1) is 19.0 Å². The summed E-state index contributed by atoms with van der Waals surface area (Å²) >= 11 is 0. The molecule has 1 atom stereocenters. The van der Waals surface area contributed by atoms with Crippen LogP contribution >= 0.6 is 12.4 Å². The van der Waals surface area contributed by atoms with Crippen molar-refractivity contribution in [3.05, 3.63) is 114 Å². The Kier molecular flexibility index (Phi) is 10.3. The highest BCUT2D eigenvalue weighted by molar-refractivity contribution is 5.95. The molecular formula is C29H31ClF3N3O. The van der Waals surface area contributed by atoms with E-state index in [9.17, 15) is 18.0 Å². The van der Waals surface area contributed by atoms with E-state index in [1.54, 1.807) is 42.5 Å². The Morgan fingerprint density at radius 1 is 0.919 bits per heavy atom. The van der Waals surface area contributed by atoms with Crippen molar-refractivity contribution >= 4 is 24.0 Å². The van der Waals surface area contributed by atoms with Crippen LogP contribution in [0.4, 0.5) is 18.9 Å². The first kappa shape index (κ1) is 28.4. The minimum Gasteiger partial charge on any atom is -0.307 e. The lowest BCUT2D eigenvalue weighted by Crippen LogP contribution is -2.55. The summed E-state index contributed by atoms with van der Waals surface area (Å²) in [6, 6.07) is 19.0. The molecule has 4 nitrogen and oxygen atoms in total. The van der Waals surface area contributed by atoms with Crippen molar-refractivity contribution in [2.24, 2.45) is 0 Å². The second-order valence-electron chi connectivity index (χ2n) is 9.09. The van der Waals surface area contributed by atoms with Crippen LogP contribution in [0.5, 0.6) is 0 Å². The molecule has 1 aliphatic rings.